The van der Waals surface area contributed by atoms with E-state index in [0.29, 0.717) is 19.5 Å². The van der Waals surface area contributed by atoms with Gasteiger partial charge in [-0.1, -0.05) is 48.5 Å². The molecular formula is C24H25FN2O2S. The molecule has 0 bridgehead atoms. The van der Waals surface area contributed by atoms with E-state index >= 15 is 0 Å². The van der Waals surface area contributed by atoms with Gasteiger partial charge in [0.05, 0.1) is 5.75 Å². The summed E-state index contributed by atoms with van der Waals surface area (Å²) in [5.41, 5.74) is 3.63. The van der Waals surface area contributed by atoms with Crippen molar-refractivity contribution in [1.82, 2.24) is 9.29 Å². The minimum Gasteiger partial charge on any atom is -0.257 e. The van der Waals surface area contributed by atoms with Crippen molar-refractivity contribution in [3.63, 3.8) is 0 Å². The maximum atomic E-state index is 13.1. The van der Waals surface area contributed by atoms with Crippen molar-refractivity contribution in [2.75, 3.05) is 13.1 Å². The maximum absolute atomic E-state index is 13.1. The third-order valence-electron chi connectivity index (χ3n) is 5.51. The van der Waals surface area contributed by atoms with Crippen LogP contribution in [-0.4, -0.2) is 30.8 Å². The zero-order valence-corrected chi connectivity index (χ0v) is 17.6. The van der Waals surface area contributed by atoms with Crippen LogP contribution in [0.4, 0.5) is 4.39 Å². The maximum Gasteiger partial charge on any atom is 0.218 e. The Labute approximate surface area is 177 Å². The fraction of sp³-hybridized carbons (Fsp3) is 0.292. The summed E-state index contributed by atoms with van der Waals surface area (Å²) in [4.78, 5) is 4.80. The number of piperidine rings is 1. The molecule has 1 aliphatic heterocycles. The molecule has 1 atom stereocenters. The molecular weight excluding hydrogens is 399 g/mol. The molecule has 2 heterocycles. The Morgan fingerprint density at radius 1 is 0.933 bits per heavy atom. The summed E-state index contributed by atoms with van der Waals surface area (Å²) in [6.45, 7) is 1.02. The number of pyridine rings is 1. The van der Waals surface area contributed by atoms with Crippen LogP contribution in [0.3, 0.4) is 0 Å². The number of aromatic nitrogens is 1. The minimum atomic E-state index is -3.37. The summed E-state index contributed by atoms with van der Waals surface area (Å²) >= 11 is 0. The first-order valence-corrected chi connectivity index (χ1v) is 11.8. The molecule has 4 nitrogen and oxygen atoms in total. The molecule has 2 aromatic carbocycles. The zero-order valence-electron chi connectivity index (χ0n) is 16.7. The SMILES string of the molecule is O=S(=O)(Cc1ccccc1)N1CCC[C@@H](c2cccc(Cc3ccc(F)cc3)n2)C1. The molecule has 1 aromatic heterocycles. The lowest BCUT2D eigenvalue weighted by Gasteiger charge is -2.32. The molecule has 0 amide bonds. The van der Waals surface area contributed by atoms with Crippen LogP contribution in [0, 0.1) is 5.82 Å². The van der Waals surface area contributed by atoms with E-state index in [-0.39, 0.29) is 17.5 Å². The number of halogens is 1. The number of sulfonamides is 1. The highest BCUT2D eigenvalue weighted by molar-refractivity contribution is 7.88. The third-order valence-corrected chi connectivity index (χ3v) is 7.33. The van der Waals surface area contributed by atoms with Gasteiger partial charge in [0, 0.05) is 36.8 Å². The van der Waals surface area contributed by atoms with Gasteiger partial charge in [-0.3, -0.25) is 4.98 Å². The van der Waals surface area contributed by atoms with Gasteiger partial charge in [-0.05, 0) is 48.2 Å². The van der Waals surface area contributed by atoms with Crippen LogP contribution in [0.25, 0.3) is 0 Å². The standard InChI is InChI=1S/C24H25FN2O2S/c25-22-13-11-19(12-14-22)16-23-9-4-10-24(26-23)21-8-5-15-27(17-21)30(28,29)18-20-6-2-1-3-7-20/h1-4,6-7,9-14,21H,5,8,15-18H2/t21-/m1/s1. The molecule has 0 aliphatic carbocycles. The largest absolute Gasteiger partial charge is 0.257 e. The predicted molar refractivity (Wildman–Crippen MR) is 116 cm³/mol. The van der Waals surface area contributed by atoms with E-state index in [1.54, 1.807) is 16.4 Å². The average Bonchev–Trinajstić information content (AvgIpc) is 2.76. The molecule has 4 rings (SSSR count). The second-order valence-corrected chi connectivity index (χ2v) is 9.76. The van der Waals surface area contributed by atoms with Crippen LogP contribution in [0.5, 0.6) is 0 Å². The van der Waals surface area contributed by atoms with Crippen LogP contribution >= 0.6 is 0 Å². The number of hydrogen-bond acceptors (Lipinski definition) is 3. The zero-order chi connectivity index (χ0) is 21.0. The second-order valence-electron chi connectivity index (χ2n) is 7.80. The number of nitrogens with zero attached hydrogens (tertiary/aromatic N) is 2. The van der Waals surface area contributed by atoms with Gasteiger partial charge in [0.1, 0.15) is 5.82 Å². The van der Waals surface area contributed by atoms with E-state index < -0.39 is 10.0 Å². The van der Waals surface area contributed by atoms with E-state index in [1.165, 1.54) is 12.1 Å². The van der Waals surface area contributed by atoms with Gasteiger partial charge in [-0.15, -0.1) is 0 Å². The first-order valence-electron chi connectivity index (χ1n) is 10.2. The summed E-state index contributed by atoms with van der Waals surface area (Å²) < 4.78 is 40.6. The van der Waals surface area contributed by atoms with Crippen molar-refractivity contribution < 1.29 is 12.8 Å². The topological polar surface area (TPSA) is 50.3 Å². The molecule has 0 unspecified atom stereocenters. The van der Waals surface area contributed by atoms with E-state index in [0.717, 1.165) is 35.4 Å². The Hall–Kier alpha value is -2.57. The Kier molecular flexibility index (Phi) is 6.25. The van der Waals surface area contributed by atoms with Crippen molar-refractivity contribution in [2.24, 2.45) is 0 Å². The summed E-state index contributed by atoms with van der Waals surface area (Å²) in [6, 6.07) is 21.7. The Morgan fingerprint density at radius 2 is 1.70 bits per heavy atom. The third kappa shape index (κ3) is 5.12. The first kappa shape index (κ1) is 20.7. The van der Waals surface area contributed by atoms with Gasteiger partial charge in [0.2, 0.25) is 10.0 Å². The van der Waals surface area contributed by atoms with Crippen LogP contribution in [0.15, 0.2) is 72.8 Å². The average molecular weight is 425 g/mol. The van der Waals surface area contributed by atoms with Gasteiger partial charge >= 0.3 is 0 Å². The highest BCUT2D eigenvalue weighted by atomic mass is 32.2. The van der Waals surface area contributed by atoms with Gasteiger partial charge in [0.25, 0.3) is 0 Å². The molecule has 0 N–H and O–H groups in total. The predicted octanol–water partition coefficient (Wildman–Crippen LogP) is 4.52. The van der Waals surface area contributed by atoms with Crippen molar-refractivity contribution in [3.05, 3.63) is 101 Å². The van der Waals surface area contributed by atoms with E-state index in [2.05, 4.69) is 0 Å². The monoisotopic (exact) mass is 424 g/mol. The summed E-state index contributed by atoms with van der Waals surface area (Å²) in [6.07, 6.45) is 2.36. The fourth-order valence-electron chi connectivity index (χ4n) is 3.95. The Balaban J connectivity index is 1.47. The lowest BCUT2D eigenvalue weighted by Crippen LogP contribution is -2.39. The van der Waals surface area contributed by atoms with Crippen LogP contribution in [0.1, 0.15) is 41.3 Å². The molecule has 3 aromatic rings. The first-order chi connectivity index (χ1) is 14.5. The summed E-state index contributed by atoms with van der Waals surface area (Å²) in [5, 5.41) is 0. The Morgan fingerprint density at radius 3 is 2.47 bits per heavy atom. The quantitative estimate of drug-likeness (QED) is 0.585. The number of rotatable bonds is 6. The Bertz CT molecular complexity index is 1090. The van der Waals surface area contributed by atoms with Crippen LogP contribution in [0.2, 0.25) is 0 Å². The lowest BCUT2D eigenvalue weighted by atomic mass is 9.95. The molecule has 0 radical (unpaired) electrons. The van der Waals surface area contributed by atoms with E-state index in [9.17, 15) is 12.8 Å². The number of benzene rings is 2. The molecule has 30 heavy (non-hydrogen) atoms. The van der Waals surface area contributed by atoms with Crippen LogP contribution in [-0.2, 0) is 22.2 Å². The van der Waals surface area contributed by atoms with Crippen molar-refractivity contribution in [2.45, 2.75) is 30.9 Å². The lowest BCUT2D eigenvalue weighted by molar-refractivity contribution is 0.312. The van der Waals surface area contributed by atoms with Crippen molar-refractivity contribution >= 4 is 10.0 Å². The van der Waals surface area contributed by atoms with Gasteiger partial charge in [0.15, 0.2) is 0 Å². The highest BCUT2D eigenvalue weighted by Gasteiger charge is 2.30. The minimum absolute atomic E-state index is 0.0264. The normalized spacial score (nSPS) is 17.7. The molecule has 1 fully saturated rings. The molecule has 6 heteroatoms. The molecule has 156 valence electrons. The smallest absolute Gasteiger partial charge is 0.218 e. The summed E-state index contributed by atoms with van der Waals surface area (Å²) in [5.74, 6) is -0.143. The molecule has 1 saturated heterocycles. The van der Waals surface area contributed by atoms with Gasteiger partial charge in [-0.25, -0.2) is 17.1 Å². The molecule has 1 aliphatic rings. The van der Waals surface area contributed by atoms with Gasteiger partial charge in [-0.2, -0.15) is 0 Å². The van der Waals surface area contributed by atoms with Crippen molar-refractivity contribution in [1.29, 1.82) is 0 Å². The highest BCUT2D eigenvalue weighted by Crippen LogP contribution is 2.28. The number of hydrogen-bond donors (Lipinski definition) is 0. The van der Waals surface area contributed by atoms with E-state index in [4.69, 9.17) is 4.98 Å². The molecule has 0 spiro atoms. The van der Waals surface area contributed by atoms with Crippen LogP contribution < -0.4 is 0 Å². The van der Waals surface area contributed by atoms with E-state index in [1.807, 2.05) is 48.5 Å². The second kappa shape index (κ2) is 9.06. The van der Waals surface area contributed by atoms with Crippen molar-refractivity contribution in [3.8, 4) is 0 Å². The van der Waals surface area contributed by atoms with Gasteiger partial charge < -0.3 is 0 Å². The summed E-state index contributed by atoms with van der Waals surface area (Å²) in [7, 11) is -3.37. The molecule has 0 saturated carbocycles. The fourth-order valence-corrected chi connectivity index (χ4v) is 5.56.